The molecule has 0 bridgehead atoms. The van der Waals surface area contributed by atoms with Gasteiger partial charge in [-0.2, -0.15) is 13.2 Å². The summed E-state index contributed by atoms with van der Waals surface area (Å²) in [5.41, 5.74) is 2.70. The van der Waals surface area contributed by atoms with Gasteiger partial charge in [-0.15, -0.1) is 0 Å². The van der Waals surface area contributed by atoms with Gasteiger partial charge >= 0.3 is 18.1 Å². The molecule has 0 radical (unpaired) electrons. The Morgan fingerprint density at radius 3 is 2.47 bits per heavy atom. The molecule has 0 spiro atoms. The van der Waals surface area contributed by atoms with Crippen LogP contribution in [0.15, 0.2) is 30.6 Å². The van der Waals surface area contributed by atoms with Gasteiger partial charge in [0.25, 0.3) is 0 Å². The van der Waals surface area contributed by atoms with Crippen LogP contribution >= 0.6 is 0 Å². The molecule has 2 atom stereocenters. The second-order valence-electron chi connectivity index (χ2n) is 8.79. The summed E-state index contributed by atoms with van der Waals surface area (Å²) in [7, 11) is 5.48. The highest BCUT2D eigenvalue weighted by molar-refractivity contribution is 5.91. The summed E-state index contributed by atoms with van der Waals surface area (Å²) in [6.45, 7) is 2.71. The van der Waals surface area contributed by atoms with Crippen LogP contribution in [0.3, 0.4) is 0 Å². The molecule has 4 rings (SSSR count). The highest BCUT2D eigenvalue weighted by Gasteiger charge is 2.38. The second-order valence-corrected chi connectivity index (χ2v) is 8.79. The molecular weight excluding hydrogens is 483 g/mol. The highest BCUT2D eigenvalue weighted by Crippen LogP contribution is 2.32. The van der Waals surface area contributed by atoms with E-state index in [4.69, 9.17) is 14.6 Å². The van der Waals surface area contributed by atoms with Crippen LogP contribution in [0, 0.1) is 0 Å². The fraction of sp³-hybridized carbons (Fsp3) is 0.478. The van der Waals surface area contributed by atoms with Crippen molar-refractivity contribution in [3.8, 4) is 0 Å². The summed E-state index contributed by atoms with van der Waals surface area (Å²) in [4.78, 5) is 36.4. The van der Waals surface area contributed by atoms with Crippen molar-refractivity contribution in [3.63, 3.8) is 0 Å². The molecule has 0 unspecified atom stereocenters. The number of methoxy groups -OCH3 is 1. The van der Waals surface area contributed by atoms with Crippen molar-refractivity contribution < 1.29 is 37.7 Å². The number of hydrogen-bond donors (Lipinski definition) is 2. The third-order valence-electron chi connectivity index (χ3n) is 5.86. The normalized spacial score (nSPS) is 19.1. The molecule has 0 saturated carbocycles. The van der Waals surface area contributed by atoms with E-state index in [1.807, 2.05) is 32.3 Å². The zero-order valence-electron chi connectivity index (χ0n) is 20.1. The Kier molecular flexibility index (Phi) is 8.35. The van der Waals surface area contributed by atoms with Gasteiger partial charge in [0.2, 0.25) is 0 Å². The number of aromatic nitrogens is 2. The maximum Gasteiger partial charge on any atom is 0.490 e. The van der Waals surface area contributed by atoms with Gasteiger partial charge in [-0.1, -0.05) is 12.1 Å². The quantitative estimate of drug-likeness (QED) is 0.576. The van der Waals surface area contributed by atoms with Crippen LogP contribution in [0.4, 0.5) is 24.8 Å². The van der Waals surface area contributed by atoms with Gasteiger partial charge in [0, 0.05) is 38.3 Å². The Labute approximate surface area is 205 Å². The van der Waals surface area contributed by atoms with Crippen molar-refractivity contribution in [2.24, 2.45) is 0 Å². The van der Waals surface area contributed by atoms with Gasteiger partial charge in [-0.05, 0) is 37.7 Å². The van der Waals surface area contributed by atoms with Crippen LogP contribution in [0.5, 0.6) is 0 Å². The van der Waals surface area contributed by atoms with Crippen LogP contribution in [-0.2, 0) is 22.6 Å². The number of ether oxygens (including phenoxy) is 1. The number of likely N-dealkylation sites (N-methyl/N-ethyl adjacent to an activating group) is 1. The zero-order chi connectivity index (χ0) is 26.6. The highest BCUT2D eigenvalue weighted by atomic mass is 19.4. The maximum absolute atomic E-state index is 12.1. The fourth-order valence-electron chi connectivity index (χ4n) is 4.32. The largest absolute Gasteiger partial charge is 0.490 e. The van der Waals surface area contributed by atoms with E-state index in [2.05, 4.69) is 24.7 Å². The number of benzene rings is 1. The molecule has 3 heterocycles. The van der Waals surface area contributed by atoms with Crippen LogP contribution in [0.2, 0.25) is 0 Å². The average molecular weight is 512 g/mol. The van der Waals surface area contributed by atoms with E-state index >= 15 is 0 Å². The molecule has 10 nitrogen and oxygen atoms in total. The standard InChI is InChI=1S/C21H27N5O3.C2HF3O2/c1-24(2)10-15-7-16(27)11-26(15)20-8-19(22-13-23-20)25-9-14-5-4-6-17(18(14)12-25)21(28)29-3;3-2(4,5)1(6)7/h4-6,8,13,15-16,27H,7,9-12H2,1-3H3;(H,6,7)/t15-,16-;/m1./s1. The Morgan fingerprint density at radius 1 is 1.19 bits per heavy atom. The monoisotopic (exact) mass is 511 g/mol. The minimum absolute atomic E-state index is 0.212. The molecule has 2 aromatic rings. The Balaban J connectivity index is 0.000000454. The van der Waals surface area contributed by atoms with Gasteiger partial charge in [0.05, 0.1) is 18.8 Å². The lowest BCUT2D eigenvalue weighted by atomic mass is 10.0. The molecule has 1 saturated heterocycles. The lowest BCUT2D eigenvalue weighted by molar-refractivity contribution is -0.192. The third kappa shape index (κ3) is 6.40. The minimum Gasteiger partial charge on any atom is -0.475 e. The van der Waals surface area contributed by atoms with Crippen LogP contribution < -0.4 is 9.80 Å². The number of aliphatic carboxylic acids is 1. The van der Waals surface area contributed by atoms with Crippen molar-refractivity contribution in [1.29, 1.82) is 0 Å². The first-order chi connectivity index (χ1) is 16.9. The number of anilines is 2. The van der Waals surface area contributed by atoms with Gasteiger partial charge in [0.15, 0.2) is 0 Å². The summed E-state index contributed by atoms with van der Waals surface area (Å²) < 4.78 is 36.7. The number of hydrogen-bond acceptors (Lipinski definition) is 9. The molecule has 2 aliphatic rings. The topological polar surface area (TPSA) is 119 Å². The second kappa shape index (κ2) is 11.1. The first-order valence-electron chi connectivity index (χ1n) is 11.1. The van der Waals surface area contributed by atoms with E-state index in [9.17, 15) is 23.1 Å². The predicted molar refractivity (Wildman–Crippen MR) is 124 cm³/mol. The molecule has 0 amide bonds. The van der Waals surface area contributed by atoms with Crippen LogP contribution in [-0.4, -0.2) is 89.6 Å². The van der Waals surface area contributed by atoms with E-state index < -0.39 is 12.1 Å². The number of aliphatic hydroxyl groups excluding tert-OH is 1. The van der Waals surface area contributed by atoms with E-state index in [0.717, 1.165) is 35.7 Å². The molecule has 13 heteroatoms. The fourth-order valence-corrected chi connectivity index (χ4v) is 4.32. The summed E-state index contributed by atoms with van der Waals surface area (Å²) >= 11 is 0. The van der Waals surface area contributed by atoms with E-state index in [1.54, 1.807) is 12.4 Å². The smallest absolute Gasteiger partial charge is 0.475 e. The number of alkyl halides is 3. The molecule has 1 fully saturated rings. The number of halogens is 3. The van der Waals surface area contributed by atoms with Crippen LogP contribution in [0.25, 0.3) is 0 Å². The first kappa shape index (κ1) is 27.1. The molecule has 36 heavy (non-hydrogen) atoms. The van der Waals surface area contributed by atoms with Crippen molar-refractivity contribution in [3.05, 3.63) is 47.3 Å². The van der Waals surface area contributed by atoms with Crippen molar-refractivity contribution in [2.45, 2.75) is 37.8 Å². The number of carboxylic acids is 1. The summed E-state index contributed by atoms with van der Waals surface area (Å²) in [6.07, 6.45) is -3.13. The minimum atomic E-state index is -5.08. The molecule has 2 N–H and O–H groups in total. The lowest BCUT2D eigenvalue weighted by Gasteiger charge is -2.28. The number of esters is 1. The number of carboxylic acid groups (broad SMARTS) is 1. The van der Waals surface area contributed by atoms with Gasteiger partial charge in [0.1, 0.15) is 18.0 Å². The molecule has 0 aliphatic carbocycles. The molecule has 1 aromatic carbocycles. The van der Waals surface area contributed by atoms with E-state index in [0.29, 0.717) is 25.2 Å². The predicted octanol–water partition coefficient (Wildman–Crippen LogP) is 1.92. The average Bonchev–Trinajstić information content (AvgIpc) is 3.41. The molecule has 1 aromatic heterocycles. The number of β-amino-alcohol motifs (C(OH)–C–C–N with tert-alkyl or cyclic N) is 1. The summed E-state index contributed by atoms with van der Waals surface area (Å²) in [5.74, 6) is -1.44. The van der Waals surface area contributed by atoms with Crippen molar-refractivity contribution >= 4 is 23.6 Å². The number of fused-ring (bicyclic) bond motifs is 1. The van der Waals surface area contributed by atoms with Gasteiger partial charge in [-0.3, -0.25) is 0 Å². The lowest BCUT2D eigenvalue weighted by Crippen LogP contribution is -2.38. The summed E-state index contributed by atoms with van der Waals surface area (Å²) in [6, 6.07) is 7.91. The van der Waals surface area contributed by atoms with E-state index in [-0.39, 0.29) is 18.1 Å². The first-order valence-corrected chi connectivity index (χ1v) is 11.1. The summed E-state index contributed by atoms with van der Waals surface area (Å²) in [5, 5.41) is 17.3. The Bertz CT molecular complexity index is 1100. The number of aliphatic hydroxyl groups is 1. The number of carbonyl (C=O) groups excluding carboxylic acids is 1. The maximum atomic E-state index is 12.1. The van der Waals surface area contributed by atoms with Crippen molar-refractivity contribution in [2.75, 3.05) is 44.1 Å². The number of carbonyl (C=O) groups is 2. The third-order valence-corrected chi connectivity index (χ3v) is 5.86. The van der Waals surface area contributed by atoms with Crippen molar-refractivity contribution in [1.82, 2.24) is 14.9 Å². The molecule has 2 aliphatic heterocycles. The molecular formula is C23H28F3N5O5. The van der Waals surface area contributed by atoms with Gasteiger partial charge < -0.3 is 29.6 Å². The Morgan fingerprint density at radius 2 is 1.86 bits per heavy atom. The number of rotatable bonds is 5. The SMILES string of the molecule is COC(=O)c1cccc2c1CN(c1cc(N3C[C@H](O)C[C@@H]3CN(C)C)ncn1)C2.O=C(O)C(F)(F)F. The van der Waals surface area contributed by atoms with Crippen LogP contribution in [0.1, 0.15) is 27.9 Å². The molecule has 196 valence electrons. The van der Waals surface area contributed by atoms with Gasteiger partial charge in [-0.25, -0.2) is 19.6 Å². The van der Waals surface area contributed by atoms with E-state index in [1.165, 1.54) is 7.11 Å². The Hall–Kier alpha value is -3.45. The number of nitrogens with zero attached hydrogens (tertiary/aromatic N) is 5. The zero-order valence-corrected chi connectivity index (χ0v) is 20.1.